The molecule has 0 bridgehead atoms. The molecule has 1 fully saturated rings. The molecule has 1 spiro atoms. The van der Waals surface area contributed by atoms with Crippen LogP contribution in [0, 0.1) is 5.92 Å². The second kappa shape index (κ2) is 7.74. The molecule has 158 valence electrons. The maximum Gasteiger partial charge on any atom is 0.250 e. The quantitative estimate of drug-likeness (QED) is 0.574. The number of aliphatic hydroxyl groups excluding tert-OH is 1. The number of methoxy groups -OCH3 is 1. The van der Waals surface area contributed by atoms with Gasteiger partial charge in [-0.25, -0.2) is 0 Å². The molecule has 4 rings (SSSR count). The van der Waals surface area contributed by atoms with E-state index in [-0.39, 0.29) is 12.3 Å². The Balaban J connectivity index is 1.76. The Labute approximate surface area is 183 Å². The predicted molar refractivity (Wildman–Crippen MR) is 115 cm³/mol. The third-order valence-electron chi connectivity index (χ3n) is 5.78. The minimum Gasteiger partial charge on any atom is -0.495 e. The highest BCUT2D eigenvalue weighted by Gasteiger charge is 2.61. The Hall–Kier alpha value is -2.32. The number of benzene rings is 2. The first kappa shape index (κ1) is 20.9. The van der Waals surface area contributed by atoms with Crippen LogP contribution in [0.5, 0.6) is 5.75 Å². The molecule has 2 aliphatic rings. The number of hydrogen-bond donors (Lipinski definition) is 4. The minimum atomic E-state index is -1.35. The van der Waals surface area contributed by atoms with Gasteiger partial charge >= 0.3 is 0 Å². The Morgan fingerprint density at radius 3 is 2.80 bits per heavy atom. The molecule has 2 heterocycles. The molecule has 4 atom stereocenters. The molecule has 2 aromatic carbocycles. The van der Waals surface area contributed by atoms with Crippen molar-refractivity contribution < 1.29 is 19.4 Å². The Bertz CT molecular complexity index is 1030. The number of amides is 2. The van der Waals surface area contributed by atoms with Crippen LogP contribution in [-0.2, 0) is 15.1 Å². The number of rotatable bonds is 4. The van der Waals surface area contributed by atoms with E-state index in [1.165, 1.54) is 7.11 Å². The lowest BCUT2D eigenvalue weighted by molar-refractivity contribution is -0.130. The van der Waals surface area contributed by atoms with Crippen molar-refractivity contribution in [3.63, 3.8) is 0 Å². The topological polar surface area (TPSA) is 99.7 Å². The van der Waals surface area contributed by atoms with Gasteiger partial charge in [-0.15, -0.1) is 0 Å². The largest absolute Gasteiger partial charge is 0.495 e. The number of anilines is 2. The van der Waals surface area contributed by atoms with E-state index in [1.807, 2.05) is 0 Å². The van der Waals surface area contributed by atoms with Crippen LogP contribution in [0.25, 0.3) is 0 Å². The molecular formula is C21H21Cl2N3O4. The monoisotopic (exact) mass is 449 g/mol. The molecule has 1 saturated heterocycles. The summed E-state index contributed by atoms with van der Waals surface area (Å²) < 4.78 is 5.31. The predicted octanol–water partition coefficient (Wildman–Crippen LogP) is 3.15. The molecule has 7 nitrogen and oxygen atoms in total. The fourth-order valence-electron chi connectivity index (χ4n) is 4.31. The summed E-state index contributed by atoms with van der Waals surface area (Å²) in [6.07, 6.45) is -0.511. The van der Waals surface area contributed by atoms with Gasteiger partial charge in [0.25, 0.3) is 0 Å². The lowest BCUT2D eigenvalue weighted by Gasteiger charge is -2.29. The molecular weight excluding hydrogens is 429 g/mol. The van der Waals surface area contributed by atoms with Crippen molar-refractivity contribution in [1.29, 1.82) is 0 Å². The van der Waals surface area contributed by atoms with E-state index in [4.69, 9.17) is 27.9 Å². The van der Waals surface area contributed by atoms with E-state index >= 15 is 0 Å². The summed E-state index contributed by atoms with van der Waals surface area (Å²) >= 11 is 12.4. The molecule has 0 saturated carbocycles. The summed E-state index contributed by atoms with van der Waals surface area (Å²) in [5, 5.41) is 19.9. The number of fused-ring (bicyclic) bond motifs is 2. The van der Waals surface area contributed by atoms with Gasteiger partial charge in [-0.05, 0) is 37.6 Å². The van der Waals surface area contributed by atoms with Crippen molar-refractivity contribution in [3.8, 4) is 5.75 Å². The summed E-state index contributed by atoms with van der Waals surface area (Å²) in [5.74, 6) is -1.14. The number of ether oxygens (including phenoxy) is 1. The molecule has 4 N–H and O–H groups in total. The summed E-state index contributed by atoms with van der Waals surface area (Å²) in [6.45, 7) is 1.62. The van der Waals surface area contributed by atoms with Crippen LogP contribution in [0.1, 0.15) is 18.9 Å². The smallest absolute Gasteiger partial charge is 0.250 e. The summed E-state index contributed by atoms with van der Waals surface area (Å²) in [7, 11) is 1.49. The summed E-state index contributed by atoms with van der Waals surface area (Å²) in [4.78, 5) is 26.6. The minimum absolute atomic E-state index is 0.256. The maximum atomic E-state index is 13.4. The van der Waals surface area contributed by atoms with Crippen LogP contribution < -0.4 is 20.7 Å². The molecule has 0 aromatic heterocycles. The highest BCUT2D eigenvalue weighted by Crippen LogP contribution is 2.49. The number of para-hydroxylation sites is 1. The van der Waals surface area contributed by atoms with Crippen molar-refractivity contribution in [2.45, 2.75) is 31.0 Å². The van der Waals surface area contributed by atoms with Crippen LogP contribution in [0.2, 0.25) is 10.0 Å². The first-order valence-corrected chi connectivity index (χ1v) is 10.2. The van der Waals surface area contributed by atoms with Gasteiger partial charge in [-0.3, -0.25) is 14.9 Å². The van der Waals surface area contributed by atoms with Crippen molar-refractivity contribution in [3.05, 3.63) is 52.0 Å². The second-order valence-corrected chi connectivity index (χ2v) is 8.38. The van der Waals surface area contributed by atoms with E-state index in [9.17, 15) is 14.7 Å². The van der Waals surface area contributed by atoms with Gasteiger partial charge in [0, 0.05) is 16.6 Å². The van der Waals surface area contributed by atoms with E-state index in [0.29, 0.717) is 32.7 Å². The van der Waals surface area contributed by atoms with Crippen molar-refractivity contribution in [2.75, 3.05) is 17.7 Å². The van der Waals surface area contributed by atoms with Crippen molar-refractivity contribution >= 4 is 46.4 Å². The summed E-state index contributed by atoms with van der Waals surface area (Å²) in [5.41, 5.74) is 0.107. The third-order valence-corrected chi connectivity index (χ3v) is 6.33. The van der Waals surface area contributed by atoms with Crippen LogP contribution in [-0.4, -0.2) is 36.2 Å². The van der Waals surface area contributed by atoms with Gasteiger partial charge in [0.05, 0.1) is 35.5 Å². The van der Waals surface area contributed by atoms with Crippen LogP contribution >= 0.6 is 23.2 Å². The third kappa shape index (κ3) is 3.22. The first-order chi connectivity index (χ1) is 14.3. The van der Waals surface area contributed by atoms with E-state index < -0.39 is 29.5 Å². The average Bonchev–Trinajstić information content (AvgIpc) is 3.24. The highest BCUT2D eigenvalue weighted by atomic mass is 35.5. The Morgan fingerprint density at radius 2 is 2.10 bits per heavy atom. The molecule has 2 aromatic rings. The van der Waals surface area contributed by atoms with Crippen LogP contribution in [0.4, 0.5) is 11.4 Å². The maximum absolute atomic E-state index is 13.4. The average molecular weight is 450 g/mol. The van der Waals surface area contributed by atoms with Gasteiger partial charge < -0.3 is 20.5 Å². The fraction of sp³-hybridized carbons (Fsp3) is 0.333. The number of halogens is 2. The van der Waals surface area contributed by atoms with Gasteiger partial charge in [0.15, 0.2) is 0 Å². The standard InChI is InChI=1S/C21H21Cl2N3O4/c1-10(27)15-9-13(19(28)24-16-8-11(22)6-7-17(16)30-2)21(26-15)12-4-3-5-14(23)18(12)25-20(21)29/h3-8,10,13,15,26-27H,9H2,1-2H3,(H,24,28)(H,25,29)/t10-,13+,15+,21-/m0/s1. The number of carbonyl (C=O) groups excluding carboxylic acids is 2. The zero-order chi connectivity index (χ0) is 21.6. The molecule has 9 heteroatoms. The van der Waals surface area contributed by atoms with Gasteiger partial charge in [0.1, 0.15) is 11.3 Å². The van der Waals surface area contributed by atoms with Crippen molar-refractivity contribution in [1.82, 2.24) is 5.32 Å². The van der Waals surface area contributed by atoms with Gasteiger partial charge in [-0.1, -0.05) is 35.3 Å². The van der Waals surface area contributed by atoms with Crippen LogP contribution in [0.15, 0.2) is 36.4 Å². The zero-order valence-corrected chi connectivity index (χ0v) is 17.8. The van der Waals surface area contributed by atoms with Crippen molar-refractivity contribution in [2.24, 2.45) is 5.92 Å². The lowest BCUT2D eigenvalue weighted by atomic mass is 9.79. The fourth-order valence-corrected chi connectivity index (χ4v) is 4.70. The number of aliphatic hydroxyl groups is 1. The molecule has 0 aliphatic carbocycles. The molecule has 30 heavy (non-hydrogen) atoms. The molecule has 0 unspecified atom stereocenters. The SMILES string of the molecule is COc1ccc(Cl)cc1NC(=O)[C@H]1C[C@H]([C@H](C)O)N[C@]12C(=O)Nc1c(Cl)cccc12. The first-order valence-electron chi connectivity index (χ1n) is 9.48. The van der Waals surface area contributed by atoms with E-state index in [1.54, 1.807) is 43.3 Å². The number of hydrogen-bond acceptors (Lipinski definition) is 5. The Morgan fingerprint density at radius 1 is 1.33 bits per heavy atom. The van der Waals surface area contributed by atoms with Gasteiger partial charge in [0.2, 0.25) is 11.8 Å². The second-order valence-electron chi connectivity index (χ2n) is 7.54. The van der Waals surface area contributed by atoms with E-state index in [2.05, 4.69) is 16.0 Å². The highest BCUT2D eigenvalue weighted by molar-refractivity contribution is 6.35. The molecule has 0 radical (unpaired) electrons. The number of nitrogens with one attached hydrogen (secondary N) is 3. The normalized spacial score (nSPS) is 25.7. The summed E-state index contributed by atoms with van der Waals surface area (Å²) in [6, 6.07) is 9.59. The zero-order valence-electron chi connectivity index (χ0n) is 16.3. The molecule has 2 amide bonds. The lowest BCUT2D eigenvalue weighted by Crippen LogP contribution is -2.53. The van der Waals surface area contributed by atoms with Crippen LogP contribution in [0.3, 0.4) is 0 Å². The molecule has 2 aliphatic heterocycles. The Kier molecular flexibility index (Phi) is 5.40. The van der Waals surface area contributed by atoms with Gasteiger partial charge in [-0.2, -0.15) is 0 Å². The number of carbonyl (C=O) groups is 2. The van der Waals surface area contributed by atoms with E-state index in [0.717, 1.165) is 0 Å².